The van der Waals surface area contributed by atoms with Crippen LogP contribution in [0.3, 0.4) is 0 Å². The van der Waals surface area contributed by atoms with E-state index in [1.165, 1.54) is 6.07 Å². The van der Waals surface area contributed by atoms with Crippen molar-refractivity contribution >= 4 is 114 Å². The van der Waals surface area contributed by atoms with Crippen LogP contribution >= 0.6 is 46.4 Å². The molecular formula is C48H31Cl4N7O5. The highest BCUT2D eigenvalue weighted by Crippen LogP contribution is 2.35. The van der Waals surface area contributed by atoms with E-state index in [1.807, 2.05) is 30.3 Å². The number of fused-ring (bicyclic) bond motifs is 4. The zero-order valence-electron chi connectivity index (χ0n) is 33.3. The molecule has 4 heterocycles. The molecule has 0 radical (unpaired) electrons. The smallest absolute Gasteiger partial charge is 0.336 e. The molecule has 0 unspecified atom stereocenters. The number of H-pyrrole nitrogens is 2. The first kappa shape index (κ1) is 42.3. The highest BCUT2D eigenvalue weighted by molar-refractivity contribution is 6.39. The Bertz CT molecular complexity index is 3470. The van der Waals surface area contributed by atoms with Gasteiger partial charge >= 0.3 is 5.63 Å². The fourth-order valence-electron chi connectivity index (χ4n) is 7.10. The maximum Gasteiger partial charge on any atom is 0.336 e. The topological polar surface area (TPSA) is 168 Å². The molecule has 10 aromatic rings. The number of nitrogens with one attached hydrogen (secondary N) is 4. The Balaban J connectivity index is 0.000000163. The van der Waals surface area contributed by atoms with E-state index in [-0.39, 0.29) is 18.4 Å². The number of pyridine rings is 1. The van der Waals surface area contributed by atoms with Gasteiger partial charge in [-0.3, -0.25) is 9.59 Å². The average Bonchev–Trinajstić information content (AvgIpc) is 3.90. The summed E-state index contributed by atoms with van der Waals surface area (Å²) in [4.78, 5) is 57.5. The fraction of sp³-hybridized carbons (Fsp3) is 0.0417. The molecule has 0 aliphatic carbocycles. The van der Waals surface area contributed by atoms with Crippen LogP contribution < -0.4 is 16.3 Å². The molecule has 0 spiro atoms. The van der Waals surface area contributed by atoms with Gasteiger partial charge in [0.05, 0.1) is 65.4 Å². The first-order chi connectivity index (χ1) is 31.0. The van der Waals surface area contributed by atoms with Crippen molar-refractivity contribution in [3.8, 4) is 22.8 Å². The Morgan fingerprint density at radius 2 is 1.19 bits per heavy atom. The van der Waals surface area contributed by atoms with Crippen molar-refractivity contribution in [1.82, 2.24) is 24.9 Å². The zero-order valence-corrected chi connectivity index (χ0v) is 36.3. The summed E-state index contributed by atoms with van der Waals surface area (Å²) in [6, 6.07) is 38.9. The lowest BCUT2D eigenvalue weighted by Gasteiger charge is -2.08. The maximum atomic E-state index is 12.9. The van der Waals surface area contributed by atoms with Crippen molar-refractivity contribution < 1.29 is 18.7 Å². The van der Waals surface area contributed by atoms with Crippen LogP contribution in [0.25, 0.3) is 66.7 Å². The molecule has 4 aromatic heterocycles. The first-order valence-electron chi connectivity index (χ1n) is 19.4. The lowest BCUT2D eigenvalue weighted by Crippen LogP contribution is -2.12. The van der Waals surface area contributed by atoms with Gasteiger partial charge in [-0.1, -0.05) is 76.7 Å². The Labute approximate surface area is 383 Å². The third kappa shape index (κ3) is 8.78. The molecule has 0 fully saturated rings. The van der Waals surface area contributed by atoms with Crippen LogP contribution in [0.15, 0.2) is 143 Å². The predicted octanol–water partition coefficient (Wildman–Crippen LogP) is 12.4. The Kier molecular flexibility index (Phi) is 11.9. The van der Waals surface area contributed by atoms with Crippen molar-refractivity contribution in [2.45, 2.75) is 6.61 Å². The summed E-state index contributed by atoms with van der Waals surface area (Å²) in [5.41, 5.74) is 6.77. The summed E-state index contributed by atoms with van der Waals surface area (Å²) in [6.07, 6.45) is 0. The van der Waals surface area contributed by atoms with E-state index in [0.717, 1.165) is 16.3 Å². The number of aromatic nitrogens is 5. The molecule has 0 aliphatic heterocycles. The van der Waals surface area contributed by atoms with Crippen molar-refractivity contribution in [2.75, 3.05) is 17.7 Å². The third-order valence-corrected chi connectivity index (χ3v) is 11.4. The van der Waals surface area contributed by atoms with Crippen LogP contribution in [0.5, 0.6) is 0 Å². The van der Waals surface area contributed by atoms with E-state index in [1.54, 1.807) is 104 Å². The third-order valence-electron chi connectivity index (χ3n) is 10.1. The number of aromatic amines is 2. The summed E-state index contributed by atoms with van der Waals surface area (Å²) in [5, 5.41) is 9.38. The minimum Gasteiger partial charge on any atom is -0.423 e. The fourth-order valence-corrected chi connectivity index (χ4v) is 8.25. The van der Waals surface area contributed by atoms with Crippen molar-refractivity contribution in [3.63, 3.8) is 0 Å². The molecule has 10 rings (SSSR count). The zero-order chi connectivity index (χ0) is 44.5. The standard InChI is InChI=1S/C25H17Cl2N3O4.C23H14Cl2N4O/c1-33-12-14-10-22(31)34-21-11-15(6-7-16(14)21)28-25(32)13-5-8-19-20(9-13)30-24(29-19)23-17(26)3-2-4-18(23)27;24-15-5-3-6-16(25)21(15)22-27-18-10-8-14(12-19(18)28-22)23(30)29-20-11-9-13-4-1-2-7-17(13)26-20/h2-11H,12H2,1H3,(H,28,32)(H,29,30);1-12H,(H,27,28)(H,26,29,30). The highest BCUT2D eigenvalue weighted by atomic mass is 35.5. The van der Waals surface area contributed by atoms with Crippen LogP contribution in [0, 0.1) is 0 Å². The average molecular weight is 928 g/mol. The number of imidazole rings is 2. The SMILES string of the molecule is COCc1cc(=O)oc2cc(NC(=O)c3ccc4nc(-c5c(Cl)cccc5Cl)[nH]c4c3)ccc12.O=C(Nc1ccc2ccccc2n1)c1ccc2nc(-c3c(Cl)cccc3Cl)[nH]c2c1. The second-order valence-corrected chi connectivity index (χ2v) is 16.0. The van der Waals surface area contributed by atoms with Crippen molar-refractivity contribution in [3.05, 3.63) is 181 Å². The number of anilines is 2. The number of para-hydroxylation sites is 1. The van der Waals surface area contributed by atoms with Crippen LogP contribution in [0.2, 0.25) is 20.1 Å². The monoisotopic (exact) mass is 925 g/mol. The van der Waals surface area contributed by atoms with Crippen molar-refractivity contribution in [2.24, 2.45) is 0 Å². The second-order valence-electron chi connectivity index (χ2n) is 14.4. The molecule has 0 aliphatic rings. The molecule has 0 saturated carbocycles. The number of halogens is 4. The number of amides is 2. The molecule has 2 amide bonds. The molecule has 4 N–H and O–H groups in total. The summed E-state index contributed by atoms with van der Waals surface area (Å²) in [6.45, 7) is 0.277. The van der Waals surface area contributed by atoms with Gasteiger partial charge in [-0.2, -0.15) is 0 Å². The second kappa shape index (κ2) is 18.0. The van der Waals surface area contributed by atoms with E-state index in [9.17, 15) is 14.4 Å². The van der Waals surface area contributed by atoms with Gasteiger partial charge in [-0.25, -0.2) is 19.7 Å². The van der Waals surface area contributed by atoms with E-state index in [2.05, 4.69) is 35.6 Å². The van der Waals surface area contributed by atoms with Gasteiger partial charge in [0.15, 0.2) is 0 Å². The Hall–Kier alpha value is -7.06. The molecule has 6 aromatic carbocycles. The molecule has 12 nitrogen and oxygen atoms in total. The lowest BCUT2D eigenvalue weighted by molar-refractivity contribution is 0.101. The van der Waals surface area contributed by atoms with Crippen LogP contribution in [0.1, 0.15) is 26.3 Å². The lowest BCUT2D eigenvalue weighted by atomic mass is 10.1. The van der Waals surface area contributed by atoms with Gasteiger partial charge in [0.1, 0.15) is 23.0 Å². The van der Waals surface area contributed by atoms with E-state index >= 15 is 0 Å². The molecule has 16 heteroatoms. The van der Waals surface area contributed by atoms with E-state index < -0.39 is 5.63 Å². The number of carbonyl (C=O) groups excluding carboxylic acids is 2. The normalized spacial score (nSPS) is 11.2. The molecule has 316 valence electrons. The molecule has 0 atom stereocenters. The number of ether oxygens (including phenoxy) is 1. The minimum absolute atomic E-state index is 0.258. The highest BCUT2D eigenvalue weighted by Gasteiger charge is 2.17. The number of hydrogen-bond donors (Lipinski definition) is 4. The molecule has 64 heavy (non-hydrogen) atoms. The summed E-state index contributed by atoms with van der Waals surface area (Å²) < 4.78 is 10.4. The number of benzene rings is 6. The predicted molar refractivity (Wildman–Crippen MR) is 254 cm³/mol. The molecule has 0 saturated heterocycles. The quantitative estimate of drug-likeness (QED) is 0.109. The van der Waals surface area contributed by atoms with Crippen LogP contribution in [0.4, 0.5) is 11.5 Å². The molecule has 0 bridgehead atoms. The van der Waals surface area contributed by atoms with Gasteiger partial charge in [-0.15, -0.1) is 0 Å². The van der Waals surface area contributed by atoms with Crippen molar-refractivity contribution in [1.29, 1.82) is 0 Å². The number of rotatable bonds is 8. The largest absolute Gasteiger partial charge is 0.423 e. The maximum absolute atomic E-state index is 12.9. The Morgan fingerprint density at radius 1 is 0.609 bits per heavy atom. The molecular weight excluding hydrogens is 896 g/mol. The summed E-state index contributed by atoms with van der Waals surface area (Å²) >= 11 is 25.2. The Morgan fingerprint density at radius 3 is 1.78 bits per heavy atom. The van der Waals surface area contributed by atoms with Crippen LogP contribution in [-0.2, 0) is 11.3 Å². The minimum atomic E-state index is -0.484. The van der Waals surface area contributed by atoms with E-state index in [4.69, 9.17) is 55.6 Å². The van der Waals surface area contributed by atoms with Gasteiger partial charge in [0.25, 0.3) is 11.8 Å². The number of carbonyl (C=O) groups is 2. The van der Waals surface area contributed by atoms with Gasteiger partial charge in [0.2, 0.25) is 0 Å². The van der Waals surface area contributed by atoms with Gasteiger partial charge in [-0.05, 0) is 96.6 Å². The number of methoxy groups -OCH3 is 1. The van der Waals surface area contributed by atoms with E-state index in [0.29, 0.717) is 98.7 Å². The number of nitrogens with zero attached hydrogens (tertiary/aromatic N) is 3. The van der Waals surface area contributed by atoms with Gasteiger partial charge < -0.3 is 29.8 Å². The number of hydrogen-bond acceptors (Lipinski definition) is 8. The summed E-state index contributed by atoms with van der Waals surface area (Å²) in [5.74, 6) is 0.969. The first-order valence-corrected chi connectivity index (χ1v) is 20.9. The van der Waals surface area contributed by atoms with Crippen LogP contribution in [-0.4, -0.2) is 43.8 Å². The van der Waals surface area contributed by atoms with Gasteiger partial charge in [0, 0.05) is 46.8 Å². The summed E-state index contributed by atoms with van der Waals surface area (Å²) in [7, 11) is 1.55.